The van der Waals surface area contributed by atoms with Crippen LogP contribution in [-0.2, 0) is 9.84 Å². The van der Waals surface area contributed by atoms with Crippen LogP contribution in [-0.4, -0.2) is 55.2 Å². The standard InChI is InChI=1S/C15H27NO3S/c17-14-11-20(18,19)10-13(14)16-9-5-8-15(12-16)6-3-1-2-4-7-15/h13-14,17H,1-12H2/t13-,14+/m1/s1. The summed E-state index contributed by atoms with van der Waals surface area (Å²) in [6.45, 7) is 1.96. The van der Waals surface area contributed by atoms with Crippen LogP contribution in [0.4, 0.5) is 0 Å². The van der Waals surface area contributed by atoms with E-state index >= 15 is 0 Å². The third-order valence-electron chi connectivity index (χ3n) is 5.62. The average Bonchev–Trinajstić information content (AvgIpc) is 2.56. The summed E-state index contributed by atoms with van der Waals surface area (Å²) in [6.07, 6.45) is 9.68. The molecule has 20 heavy (non-hydrogen) atoms. The number of aliphatic hydroxyl groups excluding tert-OH is 1. The van der Waals surface area contributed by atoms with Gasteiger partial charge < -0.3 is 5.11 Å². The highest BCUT2D eigenvalue weighted by atomic mass is 32.2. The zero-order valence-corrected chi connectivity index (χ0v) is 13.1. The number of hydrogen-bond donors (Lipinski definition) is 1. The SMILES string of the molecule is O=S1(=O)C[C@@H](N2CCCC3(CCCCCC3)C2)[C@@H](O)C1. The second kappa shape index (κ2) is 5.58. The minimum Gasteiger partial charge on any atom is -0.390 e. The summed E-state index contributed by atoms with van der Waals surface area (Å²) >= 11 is 0. The lowest BCUT2D eigenvalue weighted by Crippen LogP contribution is -2.51. The first kappa shape index (κ1) is 14.8. The zero-order chi connectivity index (χ0) is 14.2. The van der Waals surface area contributed by atoms with Crippen molar-refractivity contribution >= 4 is 9.84 Å². The second-order valence-electron chi connectivity index (χ2n) is 7.20. The predicted molar refractivity (Wildman–Crippen MR) is 79.4 cm³/mol. The molecule has 0 radical (unpaired) electrons. The minimum atomic E-state index is -3.04. The van der Waals surface area contributed by atoms with Gasteiger partial charge in [-0.1, -0.05) is 25.7 Å². The van der Waals surface area contributed by atoms with Crippen LogP contribution in [0.3, 0.4) is 0 Å². The van der Waals surface area contributed by atoms with Crippen LogP contribution in [0.15, 0.2) is 0 Å². The van der Waals surface area contributed by atoms with Gasteiger partial charge >= 0.3 is 0 Å². The molecule has 0 aromatic heterocycles. The van der Waals surface area contributed by atoms with Gasteiger partial charge in [0, 0.05) is 6.54 Å². The highest BCUT2D eigenvalue weighted by Gasteiger charge is 2.44. The van der Waals surface area contributed by atoms with Crippen molar-refractivity contribution in [3.05, 3.63) is 0 Å². The van der Waals surface area contributed by atoms with Gasteiger partial charge in [-0.3, -0.25) is 4.90 Å². The van der Waals surface area contributed by atoms with Crippen molar-refractivity contribution in [2.75, 3.05) is 24.6 Å². The molecule has 0 amide bonds. The fraction of sp³-hybridized carbons (Fsp3) is 1.00. The molecule has 1 aliphatic carbocycles. The molecule has 3 aliphatic rings. The Morgan fingerprint density at radius 1 is 0.950 bits per heavy atom. The smallest absolute Gasteiger partial charge is 0.154 e. The molecule has 1 N–H and O–H groups in total. The Morgan fingerprint density at radius 2 is 1.60 bits per heavy atom. The summed E-state index contributed by atoms with van der Waals surface area (Å²) in [6, 6.07) is -0.152. The quantitative estimate of drug-likeness (QED) is 0.799. The number of aliphatic hydroxyl groups is 1. The van der Waals surface area contributed by atoms with Gasteiger partial charge in [0.25, 0.3) is 0 Å². The van der Waals surface area contributed by atoms with Gasteiger partial charge in [0.2, 0.25) is 0 Å². The van der Waals surface area contributed by atoms with Crippen molar-refractivity contribution in [2.24, 2.45) is 5.41 Å². The molecule has 3 fully saturated rings. The monoisotopic (exact) mass is 301 g/mol. The van der Waals surface area contributed by atoms with Gasteiger partial charge in [-0.05, 0) is 37.6 Å². The Morgan fingerprint density at radius 3 is 2.20 bits per heavy atom. The lowest BCUT2D eigenvalue weighted by Gasteiger charge is -2.45. The van der Waals surface area contributed by atoms with Crippen LogP contribution in [0.25, 0.3) is 0 Å². The van der Waals surface area contributed by atoms with E-state index in [-0.39, 0.29) is 17.5 Å². The van der Waals surface area contributed by atoms with Crippen LogP contribution in [0.1, 0.15) is 51.4 Å². The molecule has 0 aromatic carbocycles. The van der Waals surface area contributed by atoms with Gasteiger partial charge in [0.1, 0.15) is 0 Å². The van der Waals surface area contributed by atoms with E-state index in [4.69, 9.17) is 0 Å². The van der Waals surface area contributed by atoms with Gasteiger partial charge in [0.15, 0.2) is 9.84 Å². The van der Waals surface area contributed by atoms with Crippen LogP contribution in [0.2, 0.25) is 0 Å². The summed E-state index contributed by atoms with van der Waals surface area (Å²) in [4.78, 5) is 2.30. The molecular formula is C15H27NO3S. The largest absolute Gasteiger partial charge is 0.390 e. The maximum atomic E-state index is 11.7. The fourth-order valence-corrected chi connectivity index (χ4v) is 6.41. The second-order valence-corrected chi connectivity index (χ2v) is 9.35. The van der Waals surface area contributed by atoms with E-state index < -0.39 is 15.9 Å². The molecule has 1 spiro atoms. The highest BCUT2D eigenvalue weighted by Crippen LogP contribution is 2.43. The number of likely N-dealkylation sites (tertiary alicyclic amines) is 1. The average molecular weight is 301 g/mol. The van der Waals surface area contributed by atoms with E-state index in [0.717, 1.165) is 19.5 Å². The summed E-state index contributed by atoms with van der Waals surface area (Å²) in [5.74, 6) is 0.116. The van der Waals surface area contributed by atoms with Crippen molar-refractivity contribution in [1.82, 2.24) is 4.90 Å². The predicted octanol–water partition coefficient (Wildman–Crippen LogP) is 1.58. The van der Waals surface area contributed by atoms with Crippen molar-refractivity contribution in [3.63, 3.8) is 0 Å². The third-order valence-corrected chi connectivity index (χ3v) is 7.32. The number of piperidine rings is 1. The van der Waals surface area contributed by atoms with Crippen LogP contribution in [0, 0.1) is 5.41 Å². The Hall–Kier alpha value is -0.130. The van der Waals surface area contributed by atoms with E-state index in [1.54, 1.807) is 0 Å². The number of nitrogens with zero attached hydrogens (tertiary/aromatic N) is 1. The van der Waals surface area contributed by atoms with Gasteiger partial charge in [-0.15, -0.1) is 0 Å². The number of hydrogen-bond acceptors (Lipinski definition) is 4. The summed E-state index contributed by atoms with van der Waals surface area (Å²) < 4.78 is 23.5. The van der Waals surface area contributed by atoms with E-state index in [1.807, 2.05) is 0 Å². The van der Waals surface area contributed by atoms with Crippen LogP contribution in [0.5, 0.6) is 0 Å². The Bertz CT molecular complexity index is 440. The van der Waals surface area contributed by atoms with Crippen molar-refractivity contribution in [3.8, 4) is 0 Å². The summed E-state index contributed by atoms with van der Waals surface area (Å²) in [7, 11) is -3.04. The van der Waals surface area contributed by atoms with E-state index in [0.29, 0.717) is 5.41 Å². The first-order chi connectivity index (χ1) is 9.50. The van der Waals surface area contributed by atoms with Crippen LogP contribution < -0.4 is 0 Å². The lowest BCUT2D eigenvalue weighted by molar-refractivity contribution is 0.0106. The summed E-state index contributed by atoms with van der Waals surface area (Å²) in [5.41, 5.74) is 0.404. The molecule has 1 saturated carbocycles. The molecular weight excluding hydrogens is 274 g/mol. The van der Waals surface area contributed by atoms with Gasteiger partial charge in [-0.2, -0.15) is 0 Å². The van der Waals surface area contributed by atoms with Crippen LogP contribution >= 0.6 is 0 Å². The van der Waals surface area contributed by atoms with E-state index in [2.05, 4.69) is 4.90 Å². The number of rotatable bonds is 1. The molecule has 3 rings (SSSR count). The van der Waals surface area contributed by atoms with E-state index in [9.17, 15) is 13.5 Å². The lowest BCUT2D eigenvalue weighted by atomic mass is 9.73. The maximum Gasteiger partial charge on any atom is 0.154 e. The number of sulfone groups is 1. The van der Waals surface area contributed by atoms with Crippen molar-refractivity contribution < 1.29 is 13.5 Å². The normalized spacial score (nSPS) is 37.9. The Kier molecular flexibility index (Phi) is 4.13. The molecule has 5 heteroatoms. The molecule has 4 nitrogen and oxygen atoms in total. The zero-order valence-electron chi connectivity index (χ0n) is 12.3. The Balaban J connectivity index is 1.71. The van der Waals surface area contributed by atoms with Crippen molar-refractivity contribution in [1.29, 1.82) is 0 Å². The topological polar surface area (TPSA) is 57.6 Å². The molecule has 2 aliphatic heterocycles. The molecule has 2 saturated heterocycles. The van der Waals surface area contributed by atoms with Crippen molar-refractivity contribution in [2.45, 2.75) is 63.5 Å². The van der Waals surface area contributed by atoms with E-state index in [1.165, 1.54) is 44.9 Å². The maximum absolute atomic E-state index is 11.7. The minimum absolute atomic E-state index is 0.0405. The summed E-state index contributed by atoms with van der Waals surface area (Å²) in [5, 5.41) is 10.1. The fourth-order valence-electron chi connectivity index (χ4n) is 4.58. The molecule has 116 valence electrons. The Labute approximate surface area is 122 Å². The van der Waals surface area contributed by atoms with Gasteiger partial charge in [-0.25, -0.2) is 8.42 Å². The molecule has 2 atom stereocenters. The first-order valence-electron chi connectivity index (χ1n) is 8.12. The third kappa shape index (κ3) is 3.04. The van der Waals surface area contributed by atoms with Gasteiger partial charge in [0.05, 0.1) is 23.7 Å². The molecule has 2 heterocycles. The highest BCUT2D eigenvalue weighted by molar-refractivity contribution is 7.91. The molecule has 0 aromatic rings. The molecule has 0 bridgehead atoms. The first-order valence-corrected chi connectivity index (χ1v) is 9.94. The molecule has 0 unspecified atom stereocenters.